The molecule has 104 valence electrons. The van der Waals surface area contributed by atoms with Crippen molar-refractivity contribution >= 4 is 27.3 Å². The van der Waals surface area contributed by atoms with Crippen molar-refractivity contribution in [2.24, 2.45) is 5.92 Å². The van der Waals surface area contributed by atoms with E-state index in [2.05, 4.69) is 38.8 Å². The standard InChI is InChI=1S/C15H22BrN3/c1-18-7-2-3-11-10-19(8-6-14(11)18)15-9-12(16)4-5-13(15)17/h4-5,9,11,14H,2-3,6-8,10,17H2,1H3. The minimum Gasteiger partial charge on any atom is -0.397 e. The fourth-order valence-electron chi connectivity index (χ4n) is 3.66. The van der Waals surface area contributed by atoms with Gasteiger partial charge in [0.1, 0.15) is 0 Å². The molecule has 0 spiro atoms. The molecule has 3 rings (SSSR count). The third-order valence-electron chi connectivity index (χ3n) is 4.68. The summed E-state index contributed by atoms with van der Waals surface area (Å²) in [4.78, 5) is 5.02. The van der Waals surface area contributed by atoms with E-state index in [0.717, 1.165) is 35.2 Å². The first-order chi connectivity index (χ1) is 9.15. The Morgan fingerprint density at radius 3 is 2.95 bits per heavy atom. The van der Waals surface area contributed by atoms with Gasteiger partial charge < -0.3 is 15.5 Å². The number of fused-ring (bicyclic) bond motifs is 1. The van der Waals surface area contributed by atoms with E-state index in [0.29, 0.717) is 0 Å². The average molecular weight is 324 g/mol. The summed E-state index contributed by atoms with van der Waals surface area (Å²) in [5, 5.41) is 0. The number of nitrogen functional groups attached to an aromatic ring is 1. The van der Waals surface area contributed by atoms with Crippen molar-refractivity contribution in [3.63, 3.8) is 0 Å². The van der Waals surface area contributed by atoms with Crippen LogP contribution in [0.3, 0.4) is 0 Å². The summed E-state index contributed by atoms with van der Waals surface area (Å²) in [7, 11) is 2.28. The molecule has 4 heteroatoms. The summed E-state index contributed by atoms with van der Waals surface area (Å²) in [5.74, 6) is 0.797. The molecule has 2 N–H and O–H groups in total. The highest BCUT2D eigenvalue weighted by Gasteiger charge is 2.34. The molecular weight excluding hydrogens is 302 g/mol. The summed E-state index contributed by atoms with van der Waals surface area (Å²) >= 11 is 3.55. The molecule has 2 unspecified atom stereocenters. The summed E-state index contributed by atoms with van der Waals surface area (Å²) in [6.07, 6.45) is 3.95. The van der Waals surface area contributed by atoms with Crippen LogP contribution in [0.4, 0.5) is 11.4 Å². The summed E-state index contributed by atoms with van der Waals surface area (Å²) in [6, 6.07) is 6.94. The summed E-state index contributed by atoms with van der Waals surface area (Å²) < 4.78 is 1.11. The van der Waals surface area contributed by atoms with E-state index in [1.54, 1.807) is 0 Å². The second kappa shape index (κ2) is 5.33. The molecule has 2 aliphatic heterocycles. The van der Waals surface area contributed by atoms with E-state index in [1.165, 1.54) is 31.5 Å². The van der Waals surface area contributed by atoms with E-state index in [4.69, 9.17) is 5.73 Å². The Bertz CT molecular complexity index is 463. The van der Waals surface area contributed by atoms with Crippen LogP contribution in [0.5, 0.6) is 0 Å². The van der Waals surface area contributed by atoms with Crippen LogP contribution in [0, 0.1) is 5.92 Å². The highest BCUT2D eigenvalue weighted by atomic mass is 79.9. The predicted molar refractivity (Wildman–Crippen MR) is 84.5 cm³/mol. The third kappa shape index (κ3) is 2.61. The van der Waals surface area contributed by atoms with Gasteiger partial charge in [-0.05, 0) is 57.0 Å². The monoisotopic (exact) mass is 323 g/mol. The molecule has 19 heavy (non-hydrogen) atoms. The van der Waals surface area contributed by atoms with Gasteiger partial charge in [-0.25, -0.2) is 0 Å². The molecule has 0 bridgehead atoms. The van der Waals surface area contributed by atoms with Gasteiger partial charge >= 0.3 is 0 Å². The van der Waals surface area contributed by atoms with Gasteiger partial charge in [0.15, 0.2) is 0 Å². The summed E-state index contributed by atoms with van der Waals surface area (Å²) in [5.41, 5.74) is 8.23. The number of benzene rings is 1. The van der Waals surface area contributed by atoms with Crippen molar-refractivity contribution in [3.05, 3.63) is 22.7 Å². The van der Waals surface area contributed by atoms with Gasteiger partial charge in [0.05, 0.1) is 11.4 Å². The molecule has 2 aliphatic rings. The van der Waals surface area contributed by atoms with E-state index >= 15 is 0 Å². The lowest BCUT2D eigenvalue weighted by atomic mass is 9.84. The molecule has 0 aliphatic carbocycles. The highest BCUT2D eigenvalue weighted by Crippen LogP contribution is 2.35. The predicted octanol–water partition coefficient (Wildman–Crippen LogP) is 2.95. The lowest BCUT2D eigenvalue weighted by Gasteiger charge is -2.46. The Hall–Kier alpha value is -0.740. The summed E-state index contributed by atoms with van der Waals surface area (Å²) in [6.45, 7) is 3.53. The second-order valence-corrected chi connectivity index (χ2v) is 6.80. The van der Waals surface area contributed by atoms with E-state index in [1.807, 2.05) is 12.1 Å². The second-order valence-electron chi connectivity index (χ2n) is 5.89. The zero-order valence-electron chi connectivity index (χ0n) is 11.5. The van der Waals surface area contributed by atoms with E-state index in [-0.39, 0.29) is 0 Å². The van der Waals surface area contributed by atoms with Crippen molar-refractivity contribution < 1.29 is 0 Å². The Morgan fingerprint density at radius 1 is 1.26 bits per heavy atom. The van der Waals surface area contributed by atoms with Crippen LogP contribution in [0.15, 0.2) is 22.7 Å². The molecule has 0 amide bonds. The van der Waals surface area contributed by atoms with Crippen LogP contribution in [-0.4, -0.2) is 37.6 Å². The number of piperidine rings is 2. The lowest BCUT2D eigenvalue weighted by molar-refractivity contribution is 0.102. The van der Waals surface area contributed by atoms with E-state index < -0.39 is 0 Å². The number of likely N-dealkylation sites (tertiary alicyclic amines) is 1. The van der Waals surface area contributed by atoms with Gasteiger partial charge in [0.2, 0.25) is 0 Å². The maximum absolute atomic E-state index is 6.14. The minimum absolute atomic E-state index is 0.776. The molecule has 2 fully saturated rings. The quantitative estimate of drug-likeness (QED) is 0.806. The average Bonchev–Trinajstić information content (AvgIpc) is 2.41. The Kier molecular flexibility index (Phi) is 3.72. The number of anilines is 2. The van der Waals surface area contributed by atoms with Crippen molar-refractivity contribution in [2.75, 3.05) is 37.3 Å². The van der Waals surface area contributed by atoms with Crippen LogP contribution in [-0.2, 0) is 0 Å². The maximum atomic E-state index is 6.14. The zero-order valence-corrected chi connectivity index (χ0v) is 13.1. The first kappa shape index (κ1) is 13.3. The van der Waals surface area contributed by atoms with Gasteiger partial charge in [-0.2, -0.15) is 0 Å². The number of nitrogens with two attached hydrogens (primary N) is 1. The molecule has 2 heterocycles. The molecule has 1 aromatic carbocycles. The third-order valence-corrected chi connectivity index (χ3v) is 5.17. The molecule has 2 saturated heterocycles. The minimum atomic E-state index is 0.776. The van der Waals surface area contributed by atoms with Gasteiger partial charge in [-0.1, -0.05) is 15.9 Å². The zero-order chi connectivity index (χ0) is 13.4. The van der Waals surface area contributed by atoms with Gasteiger partial charge in [0, 0.05) is 23.6 Å². The van der Waals surface area contributed by atoms with Crippen LogP contribution in [0.1, 0.15) is 19.3 Å². The van der Waals surface area contributed by atoms with Gasteiger partial charge in [0.25, 0.3) is 0 Å². The fourth-order valence-corrected chi connectivity index (χ4v) is 4.01. The van der Waals surface area contributed by atoms with Crippen LogP contribution in [0.25, 0.3) is 0 Å². The molecular formula is C15H22BrN3. The maximum Gasteiger partial charge on any atom is 0.0611 e. The van der Waals surface area contributed by atoms with Crippen molar-refractivity contribution in [3.8, 4) is 0 Å². The first-order valence-electron chi connectivity index (χ1n) is 7.15. The Labute approximate surface area is 123 Å². The number of nitrogens with zero attached hydrogens (tertiary/aromatic N) is 2. The largest absolute Gasteiger partial charge is 0.397 e. The topological polar surface area (TPSA) is 32.5 Å². The van der Waals surface area contributed by atoms with Crippen molar-refractivity contribution in [1.29, 1.82) is 0 Å². The smallest absolute Gasteiger partial charge is 0.0611 e. The molecule has 1 aromatic rings. The van der Waals surface area contributed by atoms with Crippen LogP contribution < -0.4 is 10.6 Å². The fraction of sp³-hybridized carbons (Fsp3) is 0.600. The molecule has 0 radical (unpaired) electrons. The molecule has 3 nitrogen and oxygen atoms in total. The Balaban J connectivity index is 1.79. The first-order valence-corrected chi connectivity index (χ1v) is 7.94. The highest BCUT2D eigenvalue weighted by molar-refractivity contribution is 9.10. The van der Waals surface area contributed by atoms with Crippen molar-refractivity contribution in [2.45, 2.75) is 25.3 Å². The van der Waals surface area contributed by atoms with Gasteiger partial charge in [-0.3, -0.25) is 0 Å². The normalized spacial score (nSPS) is 28.2. The number of rotatable bonds is 1. The van der Waals surface area contributed by atoms with E-state index in [9.17, 15) is 0 Å². The Morgan fingerprint density at radius 2 is 2.11 bits per heavy atom. The molecule has 2 atom stereocenters. The lowest BCUT2D eigenvalue weighted by Crippen LogP contribution is -2.52. The number of halogens is 1. The van der Waals surface area contributed by atoms with Crippen LogP contribution in [0.2, 0.25) is 0 Å². The molecule has 0 saturated carbocycles. The SMILES string of the molecule is CN1CCCC2CN(c3cc(Br)ccc3N)CCC21. The van der Waals surface area contributed by atoms with Crippen molar-refractivity contribution in [1.82, 2.24) is 4.90 Å². The number of hydrogen-bond donors (Lipinski definition) is 1. The van der Waals surface area contributed by atoms with Gasteiger partial charge in [-0.15, -0.1) is 0 Å². The number of hydrogen-bond acceptors (Lipinski definition) is 3. The van der Waals surface area contributed by atoms with Crippen LogP contribution >= 0.6 is 15.9 Å². The molecule has 0 aromatic heterocycles.